The molecular weight excluding hydrogens is 382 g/mol. The highest BCUT2D eigenvalue weighted by Gasteiger charge is 2.29. The first kappa shape index (κ1) is 15.9. The van der Waals surface area contributed by atoms with Crippen LogP contribution in [0.5, 0.6) is 5.75 Å². The highest BCUT2D eigenvalue weighted by atomic mass is 127. The van der Waals surface area contributed by atoms with Crippen molar-refractivity contribution in [3.63, 3.8) is 0 Å². The predicted octanol–water partition coefficient (Wildman–Crippen LogP) is 2.98. The third-order valence-corrected chi connectivity index (χ3v) is 2.96. The van der Waals surface area contributed by atoms with Gasteiger partial charge in [0.2, 0.25) is 0 Å². The van der Waals surface area contributed by atoms with Crippen molar-refractivity contribution in [3.05, 3.63) is 24.3 Å². The van der Waals surface area contributed by atoms with Gasteiger partial charge in [-0.25, -0.2) is 0 Å². The van der Waals surface area contributed by atoms with Gasteiger partial charge in [-0.15, -0.1) is 0 Å². The zero-order valence-corrected chi connectivity index (χ0v) is 12.1. The molecule has 0 aromatic heterocycles. The van der Waals surface area contributed by atoms with Crippen LogP contribution in [0.3, 0.4) is 0 Å². The second-order valence-corrected chi connectivity index (χ2v) is 5.23. The highest BCUT2D eigenvalue weighted by molar-refractivity contribution is 14.1. The molecule has 1 aromatic rings. The number of thioether (sulfide) groups is 1. The lowest BCUT2D eigenvalue weighted by molar-refractivity contribution is -0.0328. The number of alkyl halides is 3. The van der Waals surface area contributed by atoms with Crippen molar-refractivity contribution in [2.75, 3.05) is 13.2 Å². The Balaban J connectivity index is 2.54. The summed E-state index contributed by atoms with van der Waals surface area (Å²) in [5.74, 6) is 0.303. The third kappa shape index (κ3) is 6.66. The van der Waals surface area contributed by atoms with Crippen molar-refractivity contribution in [2.24, 2.45) is 0 Å². The van der Waals surface area contributed by atoms with E-state index in [1.54, 1.807) is 6.07 Å². The summed E-state index contributed by atoms with van der Waals surface area (Å²) < 4.78 is 44.4. The first-order valence-electron chi connectivity index (χ1n) is 4.91. The van der Waals surface area contributed by atoms with Gasteiger partial charge in [0.1, 0.15) is 18.5 Å². The molecule has 0 amide bonds. The van der Waals surface area contributed by atoms with E-state index in [1.165, 1.54) is 18.2 Å². The summed E-state index contributed by atoms with van der Waals surface area (Å²) >= 11 is 1.69. The Morgan fingerprint density at radius 3 is 2.78 bits per heavy atom. The smallest absolute Gasteiger partial charge is 0.446 e. The van der Waals surface area contributed by atoms with Crippen molar-refractivity contribution < 1.29 is 23.0 Å². The number of hydrogen-bond donors (Lipinski definition) is 2. The zero-order valence-electron chi connectivity index (χ0n) is 9.08. The number of rotatable bonds is 6. The van der Waals surface area contributed by atoms with E-state index in [4.69, 9.17) is 4.74 Å². The molecule has 2 N–H and O–H groups in total. The number of aliphatic hydroxyl groups is 1. The van der Waals surface area contributed by atoms with E-state index in [2.05, 4.69) is 3.53 Å². The minimum Gasteiger partial charge on any atom is -0.491 e. The average Bonchev–Trinajstić information content (AvgIpc) is 2.25. The van der Waals surface area contributed by atoms with Crippen LogP contribution < -0.4 is 8.27 Å². The van der Waals surface area contributed by atoms with Gasteiger partial charge in [-0.3, -0.25) is 3.53 Å². The van der Waals surface area contributed by atoms with Crippen LogP contribution in [0.15, 0.2) is 29.2 Å². The molecule has 3 nitrogen and oxygen atoms in total. The normalized spacial score (nSPS) is 13.4. The molecular formula is C10H11F3INO2S. The maximum atomic E-state index is 12.2. The quantitative estimate of drug-likeness (QED) is 0.443. The maximum absolute atomic E-state index is 12.2. The average molecular weight is 393 g/mol. The molecule has 0 aliphatic carbocycles. The van der Waals surface area contributed by atoms with Crippen LogP contribution in [-0.2, 0) is 0 Å². The van der Waals surface area contributed by atoms with Gasteiger partial charge in [0, 0.05) is 34.3 Å². The molecule has 1 atom stereocenters. The molecule has 0 heterocycles. The fourth-order valence-electron chi connectivity index (χ4n) is 1.10. The summed E-state index contributed by atoms with van der Waals surface area (Å²) in [6, 6.07) is 5.67. The Labute approximate surface area is 121 Å². The van der Waals surface area contributed by atoms with Crippen molar-refractivity contribution in [2.45, 2.75) is 16.5 Å². The van der Waals surface area contributed by atoms with Crippen molar-refractivity contribution in [1.29, 1.82) is 0 Å². The number of nitrogens with one attached hydrogen (secondary N) is 1. The minimum absolute atomic E-state index is 0.0239. The number of hydrogen-bond acceptors (Lipinski definition) is 4. The molecule has 0 spiro atoms. The van der Waals surface area contributed by atoms with Crippen LogP contribution in [0.4, 0.5) is 13.2 Å². The van der Waals surface area contributed by atoms with Crippen LogP contribution in [0.1, 0.15) is 0 Å². The summed E-state index contributed by atoms with van der Waals surface area (Å²) in [6.07, 6.45) is -0.708. The van der Waals surface area contributed by atoms with Gasteiger partial charge >= 0.3 is 5.51 Å². The van der Waals surface area contributed by atoms with Crippen LogP contribution >= 0.6 is 34.6 Å². The molecule has 8 heteroatoms. The lowest BCUT2D eigenvalue weighted by Crippen LogP contribution is -2.26. The molecule has 0 saturated carbocycles. The molecule has 0 radical (unpaired) electrons. The summed E-state index contributed by atoms with van der Waals surface area (Å²) in [7, 11) is 0. The number of halogens is 4. The second-order valence-electron chi connectivity index (χ2n) is 3.33. The van der Waals surface area contributed by atoms with E-state index < -0.39 is 11.6 Å². The van der Waals surface area contributed by atoms with Gasteiger partial charge in [0.15, 0.2) is 0 Å². The van der Waals surface area contributed by atoms with E-state index in [-0.39, 0.29) is 23.3 Å². The van der Waals surface area contributed by atoms with Gasteiger partial charge in [-0.1, -0.05) is 6.07 Å². The number of aliphatic hydroxyl groups excluding tert-OH is 1. The van der Waals surface area contributed by atoms with Crippen LogP contribution in [0.2, 0.25) is 0 Å². The molecule has 18 heavy (non-hydrogen) atoms. The molecule has 1 aromatic carbocycles. The highest BCUT2D eigenvalue weighted by Crippen LogP contribution is 2.37. The third-order valence-electron chi connectivity index (χ3n) is 1.79. The summed E-state index contributed by atoms with van der Waals surface area (Å²) in [4.78, 5) is 0.0570. The predicted molar refractivity (Wildman–Crippen MR) is 71.9 cm³/mol. The Morgan fingerprint density at radius 1 is 1.44 bits per heavy atom. The van der Waals surface area contributed by atoms with Crippen molar-refractivity contribution >= 4 is 34.6 Å². The Morgan fingerprint density at radius 2 is 2.17 bits per heavy atom. The van der Waals surface area contributed by atoms with Gasteiger partial charge in [0.25, 0.3) is 0 Å². The lowest BCUT2D eigenvalue weighted by atomic mass is 10.3. The first-order chi connectivity index (χ1) is 8.40. The van der Waals surface area contributed by atoms with E-state index in [0.29, 0.717) is 12.3 Å². The molecule has 0 fully saturated rings. The van der Waals surface area contributed by atoms with Crippen molar-refractivity contribution in [1.82, 2.24) is 3.53 Å². The molecule has 0 aliphatic heterocycles. The van der Waals surface area contributed by atoms with Crippen LogP contribution in [-0.4, -0.2) is 29.9 Å². The number of benzene rings is 1. The molecule has 1 unspecified atom stereocenters. The topological polar surface area (TPSA) is 41.5 Å². The van der Waals surface area contributed by atoms with Gasteiger partial charge in [0.05, 0.1) is 0 Å². The molecule has 102 valence electrons. The monoisotopic (exact) mass is 393 g/mol. The van der Waals surface area contributed by atoms with E-state index in [0.717, 1.165) is 0 Å². The first-order valence-corrected chi connectivity index (χ1v) is 6.80. The summed E-state index contributed by atoms with van der Waals surface area (Å²) in [5.41, 5.74) is -4.32. The standard InChI is InChI=1S/C10H11F3INO2S/c11-10(12,13)18-9-3-1-2-8(4-9)17-6-7(16)5-15-14/h1-4,7,15-16H,5-6H2. The van der Waals surface area contributed by atoms with Gasteiger partial charge < -0.3 is 9.84 Å². The largest absolute Gasteiger partial charge is 0.491 e. The Bertz CT molecular complexity index is 378. The maximum Gasteiger partial charge on any atom is 0.446 e. The van der Waals surface area contributed by atoms with Gasteiger partial charge in [-0.2, -0.15) is 13.2 Å². The van der Waals surface area contributed by atoms with Crippen molar-refractivity contribution in [3.8, 4) is 5.75 Å². The Kier molecular flexibility index (Phi) is 6.53. The molecule has 0 saturated heterocycles. The summed E-state index contributed by atoms with van der Waals surface area (Å²) in [5, 5.41) is 9.39. The van der Waals surface area contributed by atoms with E-state index in [1.807, 2.05) is 22.9 Å². The lowest BCUT2D eigenvalue weighted by Gasteiger charge is -2.12. The fourth-order valence-corrected chi connectivity index (χ4v) is 2.20. The summed E-state index contributed by atoms with van der Waals surface area (Å²) in [6.45, 7) is 0.369. The molecule has 1 rings (SSSR count). The fraction of sp³-hybridized carbons (Fsp3) is 0.400. The van der Waals surface area contributed by atoms with Crippen LogP contribution in [0.25, 0.3) is 0 Å². The Hall–Kier alpha value is -0.190. The van der Waals surface area contributed by atoms with E-state index in [9.17, 15) is 18.3 Å². The number of ether oxygens (including phenoxy) is 1. The second kappa shape index (κ2) is 7.41. The van der Waals surface area contributed by atoms with Gasteiger partial charge in [-0.05, 0) is 30.0 Å². The van der Waals surface area contributed by atoms with Crippen LogP contribution in [0, 0.1) is 0 Å². The minimum atomic E-state index is -4.32. The molecule has 0 bridgehead atoms. The SMILES string of the molecule is OC(CNI)COc1cccc(SC(F)(F)F)c1. The molecule has 0 aliphatic rings. The zero-order chi connectivity index (χ0) is 13.6. The van der Waals surface area contributed by atoms with E-state index >= 15 is 0 Å².